The normalized spacial score (nSPS) is 18.6. The third kappa shape index (κ3) is 3.94. The van der Waals surface area contributed by atoms with Gasteiger partial charge in [0.2, 0.25) is 0 Å². The van der Waals surface area contributed by atoms with Gasteiger partial charge in [-0.05, 0) is 54.5 Å². The van der Waals surface area contributed by atoms with Crippen molar-refractivity contribution in [2.75, 3.05) is 13.7 Å². The van der Waals surface area contributed by atoms with Crippen molar-refractivity contribution in [1.29, 1.82) is 0 Å². The van der Waals surface area contributed by atoms with Gasteiger partial charge in [-0.1, -0.05) is 6.08 Å². The molecular formula is C18H22O6. The van der Waals surface area contributed by atoms with Gasteiger partial charge in [0.1, 0.15) is 6.29 Å². The molecule has 2 unspecified atom stereocenters. The van der Waals surface area contributed by atoms with Crippen LogP contribution in [0.2, 0.25) is 0 Å². The number of aromatic hydroxyl groups is 2. The molecule has 0 saturated carbocycles. The molecule has 0 aromatic heterocycles. The molecule has 0 spiro atoms. The number of fused-ring (bicyclic) bond motifs is 1. The van der Waals surface area contributed by atoms with E-state index in [2.05, 4.69) is 0 Å². The minimum Gasteiger partial charge on any atom is -0.504 e. The number of methoxy groups -OCH3 is 1. The zero-order valence-corrected chi connectivity index (χ0v) is 13.8. The van der Waals surface area contributed by atoms with Gasteiger partial charge >= 0.3 is 5.97 Å². The standard InChI is InChI=1S/C18H22O6/c1-3-11(10-19)13(8-18(22)23-2)7-17-14-9-16(21)15(20)6-12(14)4-5-24-17/h3,6,9-10,13,17,20-21H,4-5,7-8H2,1-2H3/b11-3+. The van der Waals surface area contributed by atoms with E-state index in [1.807, 2.05) is 0 Å². The Morgan fingerprint density at radius 3 is 2.75 bits per heavy atom. The van der Waals surface area contributed by atoms with Crippen LogP contribution in [0, 0.1) is 5.92 Å². The molecule has 1 aliphatic rings. The van der Waals surface area contributed by atoms with Crippen LogP contribution in [0.15, 0.2) is 23.8 Å². The van der Waals surface area contributed by atoms with E-state index in [0.29, 0.717) is 25.0 Å². The van der Waals surface area contributed by atoms with E-state index in [9.17, 15) is 19.8 Å². The Bertz CT molecular complexity index is 649. The summed E-state index contributed by atoms with van der Waals surface area (Å²) in [7, 11) is 1.31. The van der Waals surface area contributed by atoms with Gasteiger partial charge in [0, 0.05) is 0 Å². The van der Waals surface area contributed by atoms with Crippen molar-refractivity contribution >= 4 is 12.3 Å². The van der Waals surface area contributed by atoms with E-state index in [-0.39, 0.29) is 29.9 Å². The lowest BCUT2D eigenvalue weighted by Crippen LogP contribution is -2.22. The summed E-state index contributed by atoms with van der Waals surface area (Å²) in [4.78, 5) is 23.0. The van der Waals surface area contributed by atoms with Crippen molar-refractivity contribution in [3.05, 3.63) is 34.9 Å². The molecule has 130 valence electrons. The largest absolute Gasteiger partial charge is 0.504 e. The second-order valence-corrected chi connectivity index (χ2v) is 5.77. The Kier molecular flexibility index (Phi) is 5.98. The van der Waals surface area contributed by atoms with E-state index in [1.165, 1.54) is 19.2 Å². The van der Waals surface area contributed by atoms with Crippen molar-refractivity contribution in [1.82, 2.24) is 0 Å². The number of benzene rings is 1. The highest BCUT2D eigenvalue weighted by atomic mass is 16.5. The number of allylic oxidation sites excluding steroid dienone is 2. The Hall–Kier alpha value is -2.34. The number of hydrogen-bond donors (Lipinski definition) is 2. The predicted molar refractivity (Wildman–Crippen MR) is 86.7 cm³/mol. The lowest BCUT2D eigenvalue weighted by molar-refractivity contribution is -0.141. The topological polar surface area (TPSA) is 93.1 Å². The maximum absolute atomic E-state index is 11.7. The SMILES string of the molecule is C/C=C(\C=O)C(CC(=O)OC)CC1OCCc2cc(O)c(O)cc21. The first-order valence-electron chi connectivity index (χ1n) is 7.84. The predicted octanol–water partition coefficient (Wildman–Crippen LogP) is 2.43. The highest BCUT2D eigenvalue weighted by Crippen LogP contribution is 2.39. The molecule has 1 heterocycles. The molecule has 0 aliphatic carbocycles. The van der Waals surface area contributed by atoms with Crippen molar-refractivity contribution in [2.45, 2.75) is 32.3 Å². The zero-order chi connectivity index (χ0) is 17.7. The van der Waals surface area contributed by atoms with Crippen LogP contribution >= 0.6 is 0 Å². The summed E-state index contributed by atoms with van der Waals surface area (Å²) in [6, 6.07) is 3.02. The van der Waals surface area contributed by atoms with Crippen LogP contribution in [-0.2, 0) is 25.5 Å². The number of esters is 1. The highest BCUT2D eigenvalue weighted by Gasteiger charge is 2.28. The van der Waals surface area contributed by atoms with Gasteiger partial charge in [0.15, 0.2) is 11.5 Å². The Labute approximate surface area is 140 Å². The molecule has 0 bridgehead atoms. The quantitative estimate of drug-likeness (QED) is 0.359. The van der Waals surface area contributed by atoms with Crippen LogP contribution in [0.1, 0.15) is 37.0 Å². The first kappa shape index (κ1) is 18.0. The Morgan fingerprint density at radius 2 is 2.12 bits per heavy atom. The lowest BCUT2D eigenvalue weighted by atomic mass is 9.85. The van der Waals surface area contributed by atoms with Crippen LogP contribution in [0.25, 0.3) is 0 Å². The van der Waals surface area contributed by atoms with Gasteiger partial charge < -0.3 is 19.7 Å². The molecule has 1 aromatic rings. The summed E-state index contributed by atoms with van der Waals surface area (Å²) in [5, 5.41) is 19.4. The van der Waals surface area contributed by atoms with Crippen LogP contribution in [0.4, 0.5) is 0 Å². The molecule has 24 heavy (non-hydrogen) atoms. The number of ether oxygens (including phenoxy) is 2. The number of hydrogen-bond acceptors (Lipinski definition) is 6. The molecule has 0 saturated heterocycles. The van der Waals surface area contributed by atoms with E-state index in [4.69, 9.17) is 9.47 Å². The molecule has 2 rings (SSSR count). The highest BCUT2D eigenvalue weighted by molar-refractivity contribution is 5.77. The lowest BCUT2D eigenvalue weighted by Gasteiger charge is -2.29. The number of carbonyl (C=O) groups is 2. The van der Waals surface area contributed by atoms with E-state index in [0.717, 1.165) is 17.4 Å². The molecule has 0 radical (unpaired) electrons. The van der Waals surface area contributed by atoms with Crippen LogP contribution in [-0.4, -0.2) is 36.2 Å². The summed E-state index contributed by atoms with van der Waals surface area (Å²) in [6.45, 7) is 2.21. The number of rotatable bonds is 6. The second kappa shape index (κ2) is 7.97. The molecule has 0 amide bonds. The maximum Gasteiger partial charge on any atom is 0.306 e. The van der Waals surface area contributed by atoms with Crippen molar-refractivity contribution in [3.8, 4) is 11.5 Å². The minimum atomic E-state index is -0.397. The van der Waals surface area contributed by atoms with Gasteiger partial charge in [-0.3, -0.25) is 9.59 Å². The zero-order valence-electron chi connectivity index (χ0n) is 13.8. The molecule has 0 fully saturated rings. The van der Waals surface area contributed by atoms with Crippen molar-refractivity contribution in [2.24, 2.45) is 5.92 Å². The summed E-state index contributed by atoms with van der Waals surface area (Å²) in [5.74, 6) is -1.12. The molecular weight excluding hydrogens is 312 g/mol. The first-order chi connectivity index (χ1) is 11.5. The fraction of sp³-hybridized carbons (Fsp3) is 0.444. The third-order valence-electron chi connectivity index (χ3n) is 4.35. The van der Waals surface area contributed by atoms with Crippen molar-refractivity contribution in [3.63, 3.8) is 0 Å². The fourth-order valence-electron chi connectivity index (χ4n) is 3.03. The number of aldehydes is 1. The Morgan fingerprint density at radius 1 is 1.42 bits per heavy atom. The van der Waals surface area contributed by atoms with E-state index < -0.39 is 5.97 Å². The molecule has 1 aromatic carbocycles. The molecule has 2 N–H and O–H groups in total. The monoisotopic (exact) mass is 334 g/mol. The third-order valence-corrected chi connectivity index (χ3v) is 4.35. The fourth-order valence-corrected chi connectivity index (χ4v) is 3.03. The smallest absolute Gasteiger partial charge is 0.306 e. The molecule has 2 atom stereocenters. The summed E-state index contributed by atoms with van der Waals surface area (Å²) in [6.07, 6.45) is 3.17. The van der Waals surface area contributed by atoms with E-state index >= 15 is 0 Å². The molecule has 1 aliphatic heterocycles. The summed E-state index contributed by atoms with van der Waals surface area (Å²) in [5.41, 5.74) is 2.18. The van der Waals surface area contributed by atoms with Gasteiger partial charge in [-0.25, -0.2) is 0 Å². The van der Waals surface area contributed by atoms with Gasteiger partial charge in [0.05, 0.1) is 26.2 Å². The van der Waals surface area contributed by atoms with Gasteiger partial charge in [-0.15, -0.1) is 0 Å². The maximum atomic E-state index is 11.7. The van der Waals surface area contributed by atoms with Crippen LogP contribution in [0.5, 0.6) is 11.5 Å². The van der Waals surface area contributed by atoms with Crippen LogP contribution in [0.3, 0.4) is 0 Å². The Balaban J connectivity index is 2.29. The van der Waals surface area contributed by atoms with Crippen molar-refractivity contribution < 1.29 is 29.3 Å². The molecule has 6 nitrogen and oxygen atoms in total. The average Bonchev–Trinajstić information content (AvgIpc) is 2.57. The average molecular weight is 334 g/mol. The van der Waals surface area contributed by atoms with Crippen LogP contribution < -0.4 is 0 Å². The number of phenolic OH excluding ortho intramolecular Hbond substituents is 2. The summed E-state index contributed by atoms with van der Waals surface area (Å²) >= 11 is 0. The first-order valence-corrected chi connectivity index (χ1v) is 7.84. The van der Waals surface area contributed by atoms with E-state index in [1.54, 1.807) is 13.0 Å². The minimum absolute atomic E-state index is 0.0776. The van der Waals surface area contributed by atoms with Gasteiger partial charge in [-0.2, -0.15) is 0 Å². The second-order valence-electron chi connectivity index (χ2n) is 5.77. The summed E-state index contributed by atoms with van der Waals surface area (Å²) < 4.78 is 10.5. The number of carbonyl (C=O) groups excluding carboxylic acids is 2. The van der Waals surface area contributed by atoms with Gasteiger partial charge in [0.25, 0.3) is 0 Å². The molecule has 6 heteroatoms. The number of phenols is 2.